The normalized spacial score (nSPS) is 24.5. The van der Waals surface area contributed by atoms with Crippen molar-refractivity contribution < 1.29 is 23.8 Å². The molecule has 0 fully saturated rings. The fourth-order valence-corrected chi connectivity index (χ4v) is 4.64. The van der Waals surface area contributed by atoms with Gasteiger partial charge in [-0.05, 0) is 29.3 Å². The van der Waals surface area contributed by atoms with Crippen LogP contribution in [0.5, 0.6) is 23.0 Å². The first kappa shape index (κ1) is 15.6. The summed E-state index contributed by atoms with van der Waals surface area (Å²) < 4.78 is 22.4. The van der Waals surface area contributed by atoms with Gasteiger partial charge in [0.25, 0.3) is 0 Å². The van der Waals surface area contributed by atoms with Crippen LogP contribution < -0.4 is 23.8 Å². The molecule has 3 atom stereocenters. The molecule has 0 radical (unpaired) electrons. The Morgan fingerprint density at radius 3 is 2.62 bits per heavy atom. The Kier molecular flexibility index (Phi) is 3.40. The molecule has 5 rings (SSSR count). The van der Waals surface area contributed by atoms with Crippen LogP contribution in [-0.4, -0.2) is 28.1 Å². The summed E-state index contributed by atoms with van der Waals surface area (Å²) in [4.78, 5) is 1.43. The van der Waals surface area contributed by atoms with Crippen LogP contribution in [0, 0.1) is 0 Å². The van der Waals surface area contributed by atoms with Crippen LogP contribution in [0.15, 0.2) is 30.3 Å². The van der Waals surface area contributed by atoms with Gasteiger partial charge < -0.3 is 23.8 Å². The highest BCUT2D eigenvalue weighted by Gasteiger charge is 2.41. The van der Waals surface area contributed by atoms with Crippen LogP contribution in [0.1, 0.15) is 34.2 Å². The van der Waals surface area contributed by atoms with E-state index in [4.69, 9.17) is 18.9 Å². The molecule has 0 saturated carbocycles. The highest BCUT2D eigenvalue weighted by molar-refractivity contribution is 5.66. The maximum absolute atomic E-state index is 5.69. The minimum absolute atomic E-state index is 0.298. The second-order valence-corrected chi connectivity index (χ2v) is 7.09. The number of methoxy groups -OCH3 is 2. The second-order valence-electron chi connectivity index (χ2n) is 7.09. The van der Waals surface area contributed by atoms with Crippen molar-refractivity contribution in [3.63, 3.8) is 0 Å². The smallest absolute Gasteiger partial charge is 0.231 e. The van der Waals surface area contributed by atoms with Crippen LogP contribution in [-0.2, 0) is 6.54 Å². The van der Waals surface area contributed by atoms with Crippen LogP contribution in [0.4, 0.5) is 0 Å². The van der Waals surface area contributed by atoms with E-state index >= 15 is 0 Å². The number of fused-ring (bicyclic) bond motifs is 6. The average molecular weight is 352 g/mol. The third-order valence-corrected chi connectivity index (χ3v) is 5.79. The van der Waals surface area contributed by atoms with Crippen molar-refractivity contribution in [2.75, 3.05) is 28.1 Å². The summed E-state index contributed by atoms with van der Waals surface area (Å²) in [6, 6.07) is 8.80. The number of benzene rings is 2. The maximum atomic E-state index is 5.69. The average Bonchev–Trinajstić information content (AvgIpc) is 3.12. The second kappa shape index (κ2) is 5.68. The first-order chi connectivity index (χ1) is 12.7. The highest BCUT2D eigenvalue weighted by Crippen LogP contribution is 2.47. The highest BCUT2D eigenvalue weighted by atomic mass is 16.7. The predicted molar refractivity (Wildman–Crippen MR) is 97.2 cm³/mol. The van der Waals surface area contributed by atoms with Gasteiger partial charge in [-0.15, -0.1) is 0 Å². The number of nitrogens with one attached hydrogen (secondary N) is 1. The number of hydrogen-bond donors (Lipinski definition) is 1. The fraction of sp³-hybridized carbons (Fsp3) is 0.333. The van der Waals surface area contributed by atoms with Gasteiger partial charge in [-0.2, -0.15) is 0 Å². The van der Waals surface area contributed by atoms with E-state index in [-0.39, 0.29) is 0 Å². The van der Waals surface area contributed by atoms with Gasteiger partial charge in [0, 0.05) is 5.56 Å². The molecule has 0 aromatic heterocycles. The first-order valence-corrected chi connectivity index (χ1v) is 8.89. The quantitative estimate of drug-likeness (QED) is 0.901. The summed E-state index contributed by atoms with van der Waals surface area (Å²) in [7, 11) is 5.64. The van der Waals surface area contributed by atoms with Crippen molar-refractivity contribution in [1.29, 1.82) is 0 Å². The van der Waals surface area contributed by atoms with Gasteiger partial charge in [0.05, 0.1) is 32.7 Å². The van der Waals surface area contributed by atoms with Crippen molar-refractivity contribution in [1.82, 2.24) is 0 Å². The van der Waals surface area contributed by atoms with Crippen LogP contribution in [0.3, 0.4) is 0 Å². The number of ether oxygens (including phenoxy) is 4. The molecule has 5 nitrogen and oxygen atoms in total. The summed E-state index contributed by atoms with van der Waals surface area (Å²) in [6.45, 7) is 1.19. The van der Waals surface area contributed by atoms with Crippen molar-refractivity contribution in [3.05, 3.63) is 52.6 Å². The minimum atomic E-state index is 0.298. The number of hydrogen-bond acceptors (Lipinski definition) is 4. The van der Waals surface area contributed by atoms with E-state index in [0.717, 1.165) is 29.5 Å². The maximum Gasteiger partial charge on any atom is 0.231 e. The Morgan fingerprint density at radius 1 is 1.04 bits per heavy atom. The van der Waals surface area contributed by atoms with Crippen molar-refractivity contribution in [3.8, 4) is 23.0 Å². The van der Waals surface area contributed by atoms with Gasteiger partial charge in [0.2, 0.25) is 6.79 Å². The molecule has 2 heterocycles. The van der Waals surface area contributed by atoms with Crippen LogP contribution in [0.2, 0.25) is 0 Å². The Morgan fingerprint density at radius 2 is 1.85 bits per heavy atom. The van der Waals surface area contributed by atoms with Crippen LogP contribution >= 0.6 is 0 Å². The molecular formula is C21H22NO4+. The molecule has 1 aliphatic carbocycles. The predicted octanol–water partition coefficient (Wildman–Crippen LogP) is 2.31. The summed E-state index contributed by atoms with van der Waals surface area (Å²) in [5.41, 5.74) is 5.09. The Labute approximate surface area is 152 Å². The zero-order valence-corrected chi connectivity index (χ0v) is 15.2. The molecule has 0 bridgehead atoms. The number of rotatable bonds is 2. The van der Waals surface area contributed by atoms with Gasteiger partial charge in [0.15, 0.2) is 23.0 Å². The number of quaternary nitrogens is 1. The lowest BCUT2D eigenvalue weighted by Crippen LogP contribution is -3.09. The summed E-state index contributed by atoms with van der Waals surface area (Å²) in [6.07, 6.45) is 4.51. The molecule has 1 unspecified atom stereocenters. The SMILES string of the molecule is COc1ccc2c(c1OC)C[NH+](C)[C@H]1c3cc4c(cc3C=C[C@@H]21)OCO4. The largest absolute Gasteiger partial charge is 0.493 e. The summed E-state index contributed by atoms with van der Waals surface area (Å²) >= 11 is 0. The standard InChI is InChI=1S/C21H21NO4/c1-22-10-16-13(6-7-17(23-2)21(16)24-3)14-5-4-12-8-18-19(26-11-25-18)9-15(12)20(14)22/h4-9,14,20H,10-11H2,1-3H3/p+1/t14-,20+/m0/s1. The van der Waals surface area contributed by atoms with E-state index in [1.807, 2.05) is 6.07 Å². The lowest BCUT2D eigenvalue weighted by Gasteiger charge is -2.39. The molecule has 134 valence electrons. The molecule has 26 heavy (non-hydrogen) atoms. The first-order valence-electron chi connectivity index (χ1n) is 8.89. The summed E-state index contributed by atoms with van der Waals surface area (Å²) in [5, 5.41) is 0. The zero-order chi connectivity index (χ0) is 17.8. The van der Waals surface area contributed by atoms with Gasteiger partial charge in [0.1, 0.15) is 12.6 Å². The molecule has 0 amide bonds. The van der Waals surface area contributed by atoms with Crippen molar-refractivity contribution >= 4 is 6.08 Å². The molecule has 2 aromatic carbocycles. The van der Waals surface area contributed by atoms with E-state index < -0.39 is 0 Å². The molecule has 2 aliphatic heterocycles. The van der Waals surface area contributed by atoms with E-state index in [9.17, 15) is 0 Å². The van der Waals surface area contributed by atoms with Crippen LogP contribution in [0.25, 0.3) is 6.08 Å². The van der Waals surface area contributed by atoms with E-state index in [0.29, 0.717) is 18.8 Å². The van der Waals surface area contributed by atoms with E-state index in [1.165, 1.54) is 27.2 Å². The third-order valence-electron chi connectivity index (χ3n) is 5.79. The lowest BCUT2D eigenvalue weighted by atomic mass is 9.75. The molecule has 3 aliphatic rings. The molecule has 2 aromatic rings. The van der Waals surface area contributed by atoms with E-state index in [2.05, 4.69) is 37.4 Å². The topological polar surface area (TPSA) is 41.4 Å². The molecular weight excluding hydrogens is 330 g/mol. The molecule has 1 N–H and O–H groups in total. The van der Waals surface area contributed by atoms with Gasteiger partial charge in [-0.25, -0.2) is 0 Å². The molecule has 5 heteroatoms. The monoisotopic (exact) mass is 352 g/mol. The van der Waals surface area contributed by atoms with Crippen molar-refractivity contribution in [2.45, 2.75) is 18.5 Å². The van der Waals surface area contributed by atoms with E-state index in [1.54, 1.807) is 14.2 Å². The minimum Gasteiger partial charge on any atom is -0.493 e. The fourth-order valence-electron chi connectivity index (χ4n) is 4.64. The summed E-state index contributed by atoms with van der Waals surface area (Å²) in [5.74, 6) is 3.64. The molecule has 0 saturated heterocycles. The van der Waals surface area contributed by atoms with Gasteiger partial charge >= 0.3 is 0 Å². The Bertz CT molecular complexity index is 921. The van der Waals surface area contributed by atoms with Crippen molar-refractivity contribution in [2.24, 2.45) is 0 Å². The van der Waals surface area contributed by atoms with Gasteiger partial charge in [-0.3, -0.25) is 0 Å². The molecule has 0 spiro atoms. The lowest BCUT2D eigenvalue weighted by molar-refractivity contribution is -0.929. The number of likely N-dealkylation sites (N-methyl/N-ethyl adjacent to an activating group) is 1. The third kappa shape index (κ3) is 2.07. The van der Waals surface area contributed by atoms with Gasteiger partial charge in [-0.1, -0.05) is 18.2 Å². The Hall–Kier alpha value is -2.66. The Balaban J connectivity index is 1.66. The zero-order valence-electron chi connectivity index (χ0n) is 15.2.